The van der Waals surface area contributed by atoms with Gasteiger partial charge in [-0.2, -0.15) is 0 Å². The summed E-state index contributed by atoms with van der Waals surface area (Å²) in [6.45, 7) is 5.45. The highest BCUT2D eigenvalue weighted by molar-refractivity contribution is 7.10. The molecule has 3 heterocycles. The van der Waals surface area contributed by atoms with Crippen molar-refractivity contribution < 1.29 is 9.53 Å². The summed E-state index contributed by atoms with van der Waals surface area (Å²) in [5.41, 5.74) is 2.54. The Hall–Kier alpha value is -1.89. The molecule has 0 bridgehead atoms. The number of carbonyl (C=O) groups excluding carboxylic acids is 1. The summed E-state index contributed by atoms with van der Waals surface area (Å²) in [4.78, 5) is 18.5. The van der Waals surface area contributed by atoms with Crippen LogP contribution in [0, 0.1) is 0 Å². The van der Waals surface area contributed by atoms with Gasteiger partial charge >= 0.3 is 6.03 Å². The van der Waals surface area contributed by atoms with Crippen molar-refractivity contribution in [3.05, 3.63) is 57.8 Å². The third-order valence-corrected chi connectivity index (χ3v) is 6.24. The van der Waals surface area contributed by atoms with Crippen LogP contribution in [-0.2, 0) is 17.7 Å². The zero-order valence-corrected chi connectivity index (χ0v) is 15.7. The molecule has 1 aromatic heterocycles. The first-order valence-corrected chi connectivity index (χ1v) is 10.1. The number of benzene rings is 1. The normalized spacial score (nSPS) is 19.0. The molecular weight excluding hydrogens is 346 g/mol. The fraction of sp³-hybridized carbons (Fsp3) is 0.450. The van der Waals surface area contributed by atoms with Gasteiger partial charge in [-0.15, -0.1) is 11.3 Å². The Bertz CT molecular complexity index is 728. The smallest absolute Gasteiger partial charge is 0.317 e. The van der Waals surface area contributed by atoms with Crippen LogP contribution in [0.5, 0.6) is 0 Å². The highest BCUT2D eigenvalue weighted by Crippen LogP contribution is 2.24. The number of nitrogens with one attached hydrogen (secondary N) is 1. The van der Waals surface area contributed by atoms with Gasteiger partial charge in [0.1, 0.15) is 0 Å². The fourth-order valence-electron chi connectivity index (χ4n) is 3.74. The molecule has 1 saturated heterocycles. The van der Waals surface area contributed by atoms with Crippen LogP contribution in [0.25, 0.3) is 0 Å². The second kappa shape index (κ2) is 8.20. The predicted molar refractivity (Wildman–Crippen MR) is 103 cm³/mol. The Morgan fingerprint density at radius 1 is 1.15 bits per heavy atom. The number of hydrogen-bond acceptors (Lipinski definition) is 4. The SMILES string of the molecule is O=C(NCC(c1ccccc1)N1CCOCC1)N1CCc2sccc2C1. The van der Waals surface area contributed by atoms with E-state index in [9.17, 15) is 4.79 Å². The molecule has 5 nitrogen and oxygen atoms in total. The summed E-state index contributed by atoms with van der Waals surface area (Å²) >= 11 is 1.80. The highest BCUT2D eigenvalue weighted by atomic mass is 32.1. The predicted octanol–water partition coefficient (Wildman–Crippen LogP) is 2.89. The molecule has 2 aliphatic rings. The van der Waals surface area contributed by atoms with Gasteiger partial charge in [0.25, 0.3) is 0 Å². The molecule has 6 heteroatoms. The van der Waals surface area contributed by atoms with E-state index in [1.54, 1.807) is 11.3 Å². The van der Waals surface area contributed by atoms with E-state index in [1.807, 2.05) is 11.0 Å². The summed E-state index contributed by atoms with van der Waals surface area (Å²) in [5, 5.41) is 5.30. The topological polar surface area (TPSA) is 44.8 Å². The van der Waals surface area contributed by atoms with Gasteiger partial charge in [0, 0.05) is 37.6 Å². The monoisotopic (exact) mass is 371 g/mol. The van der Waals surface area contributed by atoms with Crippen molar-refractivity contribution in [2.45, 2.75) is 19.0 Å². The lowest BCUT2D eigenvalue weighted by Crippen LogP contribution is -2.47. The number of nitrogens with zero attached hydrogens (tertiary/aromatic N) is 2. The first-order chi connectivity index (χ1) is 12.8. The van der Waals surface area contributed by atoms with Crippen LogP contribution in [-0.4, -0.2) is 55.2 Å². The lowest BCUT2D eigenvalue weighted by molar-refractivity contribution is 0.0164. The minimum atomic E-state index is 0.0380. The molecule has 4 rings (SSSR count). The molecule has 1 aromatic carbocycles. The van der Waals surface area contributed by atoms with Crippen LogP contribution in [0.2, 0.25) is 0 Å². The van der Waals surface area contributed by atoms with Crippen LogP contribution < -0.4 is 5.32 Å². The van der Waals surface area contributed by atoms with Crippen molar-refractivity contribution in [3.63, 3.8) is 0 Å². The van der Waals surface area contributed by atoms with E-state index < -0.39 is 0 Å². The molecule has 138 valence electrons. The zero-order valence-electron chi connectivity index (χ0n) is 14.9. The Morgan fingerprint density at radius 3 is 2.77 bits per heavy atom. The summed E-state index contributed by atoms with van der Waals surface area (Å²) in [5.74, 6) is 0. The maximum Gasteiger partial charge on any atom is 0.317 e. The van der Waals surface area contributed by atoms with Crippen LogP contribution in [0.15, 0.2) is 41.8 Å². The van der Waals surface area contributed by atoms with Crippen molar-refractivity contribution >= 4 is 17.4 Å². The fourth-order valence-corrected chi connectivity index (χ4v) is 4.63. The zero-order chi connectivity index (χ0) is 17.8. The number of amides is 2. The number of morpholine rings is 1. The van der Waals surface area contributed by atoms with E-state index in [1.165, 1.54) is 16.0 Å². The number of urea groups is 1. The van der Waals surface area contributed by atoms with E-state index in [4.69, 9.17) is 4.74 Å². The Kier molecular flexibility index (Phi) is 5.53. The van der Waals surface area contributed by atoms with Gasteiger partial charge in [-0.1, -0.05) is 30.3 Å². The quantitative estimate of drug-likeness (QED) is 0.899. The van der Waals surface area contributed by atoms with Crippen LogP contribution >= 0.6 is 11.3 Å². The second-order valence-corrected chi connectivity index (χ2v) is 7.80. The molecule has 1 N–H and O–H groups in total. The Balaban J connectivity index is 1.40. The molecule has 1 atom stereocenters. The first-order valence-electron chi connectivity index (χ1n) is 9.26. The first kappa shape index (κ1) is 17.5. The molecule has 2 aromatic rings. The van der Waals surface area contributed by atoms with E-state index in [2.05, 4.69) is 45.9 Å². The van der Waals surface area contributed by atoms with Crippen LogP contribution in [0.1, 0.15) is 22.0 Å². The van der Waals surface area contributed by atoms with E-state index in [-0.39, 0.29) is 12.1 Å². The average molecular weight is 372 g/mol. The van der Waals surface area contributed by atoms with Gasteiger partial charge in [0.15, 0.2) is 0 Å². The lowest BCUT2D eigenvalue weighted by Gasteiger charge is -2.35. The molecule has 0 radical (unpaired) electrons. The molecule has 0 spiro atoms. The van der Waals surface area contributed by atoms with Crippen LogP contribution in [0.3, 0.4) is 0 Å². The summed E-state index contributed by atoms with van der Waals surface area (Å²) in [6.07, 6.45) is 0.964. The lowest BCUT2D eigenvalue weighted by atomic mass is 10.0. The molecule has 1 unspecified atom stereocenters. The van der Waals surface area contributed by atoms with Gasteiger partial charge in [-0.3, -0.25) is 4.90 Å². The van der Waals surface area contributed by atoms with Crippen molar-refractivity contribution in [1.82, 2.24) is 15.1 Å². The standard InChI is InChI=1S/C20H25N3O2S/c24-20(23-8-6-19-17(15-23)7-13-26-19)21-14-18(16-4-2-1-3-5-16)22-9-11-25-12-10-22/h1-5,7,13,18H,6,8-12,14-15H2,(H,21,24). The van der Waals surface area contributed by atoms with Crippen molar-refractivity contribution in [1.29, 1.82) is 0 Å². The van der Waals surface area contributed by atoms with Crippen LogP contribution in [0.4, 0.5) is 4.79 Å². The van der Waals surface area contributed by atoms with Crippen molar-refractivity contribution in [3.8, 4) is 0 Å². The molecule has 0 aliphatic carbocycles. The number of hydrogen-bond donors (Lipinski definition) is 1. The number of carbonyl (C=O) groups is 1. The van der Waals surface area contributed by atoms with E-state index in [0.717, 1.165) is 45.8 Å². The molecule has 1 fully saturated rings. The number of thiophene rings is 1. The third-order valence-electron chi connectivity index (χ3n) is 5.21. The number of ether oxygens (including phenoxy) is 1. The Morgan fingerprint density at radius 2 is 1.96 bits per heavy atom. The van der Waals surface area contributed by atoms with Crippen molar-refractivity contribution in [2.24, 2.45) is 0 Å². The minimum Gasteiger partial charge on any atom is -0.379 e. The minimum absolute atomic E-state index is 0.0380. The molecule has 2 amide bonds. The van der Waals surface area contributed by atoms with E-state index in [0.29, 0.717) is 6.54 Å². The van der Waals surface area contributed by atoms with Gasteiger partial charge < -0.3 is 15.0 Å². The molecule has 2 aliphatic heterocycles. The molecular formula is C20H25N3O2S. The molecule has 0 saturated carbocycles. The largest absolute Gasteiger partial charge is 0.379 e. The van der Waals surface area contributed by atoms with Gasteiger partial charge in [0.05, 0.1) is 19.3 Å². The van der Waals surface area contributed by atoms with Gasteiger partial charge in [0.2, 0.25) is 0 Å². The summed E-state index contributed by atoms with van der Waals surface area (Å²) in [7, 11) is 0. The summed E-state index contributed by atoms with van der Waals surface area (Å²) < 4.78 is 5.50. The number of fused-ring (bicyclic) bond motifs is 1. The van der Waals surface area contributed by atoms with Crippen molar-refractivity contribution in [2.75, 3.05) is 39.4 Å². The maximum atomic E-state index is 12.7. The second-order valence-electron chi connectivity index (χ2n) is 6.80. The average Bonchev–Trinajstić information content (AvgIpc) is 3.17. The third kappa shape index (κ3) is 3.92. The molecule has 26 heavy (non-hydrogen) atoms. The maximum absolute atomic E-state index is 12.7. The Labute approximate surface area is 158 Å². The highest BCUT2D eigenvalue weighted by Gasteiger charge is 2.25. The number of rotatable bonds is 4. The summed E-state index contributed by atoms with van der Waals surface area (Å²) in [6, 6.07) is 12.8. The van der Waals surface area contributed by atoms with E-state index >= 15 is 0 Å². The van der Waals surface area contributed by atoms with Gasteiger partial charge in [-0.05, 0) is 29.0 Å². The van der Waals surface area contributed by atoms with Gasteiger partial charge in [-0.25, -0.2) is 4.79 Å².